The summed E-state index contributed by atoms with van der Waals surface area (Å²) in [7, 11) is 0. The Morgan fingerprint density at radius 2 is 2.04 bits per heavy atom. The molecule has 0 fully saturated rings. The van der Waals surface area contributed by atoms with Gasteiger partial charge in [-0.2, -0.15) is 5.26 Å². The van der Waals surface area contributed by atoms with E-state index in [2.05, 4.69) is 20.9 Å². The molecule has 0 aliphatic heterocycles. The van der Waals surface area contributed by atoms with E-state index in [1.807, 2.05) is 44.2 Å². The molecule has 1 atom stereocenters. The minimum atomic E-state index is -0.470. The van der Waals surface area contributed by atoms with E-state index in [1.54, 1.807) is 6.92 Å². The molecule has 0 saturated heterocycles. The molecule has 1 unspecified atom stereocenters. The van der Waals surface area contributed by atoms with Crippen molar-refractivity contribution >= 4 is 27.8 Å². The van der Waals surface area contributed by atoms with E-state index in [4.69, 9.17) is 0 Å². The predicted molar refractivity (Wildman–Crippen MR) is 98.2 cm³/mol. The van der Waals surface area contributed by atoms with Crippen molar-refractivity contribution in [3.63, 3.8) is 0 Å². The largest absolute Gasteiger partial charge is 0.494 e. The number of rotatable bonds is 4. The topological polar surface area (TPSA) is 78.4 Å². The van der Waals surface area contributed by atoms with Gasteiger partial charge in [0.25, 0.3) is 5.56 Å². The van der Waals surface area contributed by atoms with Crippen LogP contribution in [-0.4, -0.2) is 15.9 Å². The van der Waals surface area contributed by atoms with Crippen molar-refractivity contribution in [1.82, 2.24) is 4.57 Å². The van der Waals surface area contributed by atoms with Gasteiger partial charge in [-0.15, -0.1) is 0 Å². The van der Waals surface area contributed by atoms with Crippen LogP contribution in [0.15, 0.2) is 38.5 Å². The van der Waals surface area contributed by atoms with Crippen LogP contribution in [0.3, 0.4) is 0 Å². The van der Waals surface area contributed by atoms with Crippen molar-refractivity contribution < 1.29 is 5.11 Å². The normalized spacial score (nSPS) is 12.3. The molecule has 24 heavy (non-hydrogen) atoms. The zero-order chi connectivity index (χ0) is 17.9. The molecule has 0 amide bonds. The minimum Gasteiger partial charge on any atom is -0.494 e. The van der Waals surface area contributed by atoms with E-state index < -0.39 is 5.56 Å². The van der Waals surface area contributed by atoms with Crippen molar-refractivity contribution in [2.24, 2.45) is 4.99 Å². The molecule has 2 rings (SSSR count). The molecule has 2 aromatic rings. The van der Waals surface area contributed by atoms with Crippen LogP contribution in [0.4, 0.5) is 5.69 Å². The first-order valence-electron chi connectivity index (χ1n) is 7.58. The van der Waals surface area contributed by atoms with Gasteiger partial charge in [0.15, 0.2) is 0 Å². The summed E-state index contributed by atoms with van der Waals surface area (Å²) >= 11 is 3.36. The van der Waals surface area contributed by atoms with Crippen molar-refractivity contribution in [3.05, 3.63) is 55.8 Å². The smallest absolute Gasteiger partial charge is 0.271 e. The van der Waals surface area contributed by atoms with E-state index in [9.17, 15) is 15.2 Å². The number of hydrogen-bond donors (Lipinski definition) is 1. The Labute approximate surface area is 149 Å². The molecular formula is C18H18BrN3O2. The number of hydrogen-bond acceptors (Lipinski definition) is 4. The third kappa shape index (κ3) is 3.41. The summed E-state index contributed by atoms with van der Waals surface area (Å²) in [5.74, 6) is -0.160. The first-order valence-corrected chi connectivity index (χ1v) is 8.37. The van der Waals surface area contributed by atoms with Crippen molar-refractivity contribution in [1.29, 1.82) is 5.26 Å². The summed E-state index contributed by atoms with van der Waals surface area (Å²) < 4.78 is 2.20. The lowest BCUT2D eigenvalue weighted by Gasteiger charge is -2.18. The maximum atomic E-state index is 12.4. The maximum absolute atomic E-state index is 12.4. The molecule has 0 spiro atoms. The van der Waals surface area contributed by atoms with Gasteiger partial charge in [0.2, 0.25) is 5.88 Å². The molecule has 0 bridgehead atoms. The average molecular weight is 388 g/mol. The van der Waals surface area contributed by atoms with Gasteiger partial charge >= 0.3 is 0 Å². The van der Waals surface area contributed by atoms with Gasteiger partial charge in [-0.25, -0.2) is 0 Å². The highest BCUT2D eigenvalue weighted by Gasteiger charge is 2.20. The summed E-state index contributed by atoms with van der Waals surface area (Å²) in [5, 5.41) is 19.9. The Hall–Kier alpha value is -2.39. The van der Waals surface area contributed by atoms with Crippen LogP contribution in [0, 0.1) is 18.3 Å². The molecule has 0 radical (unpaired) electrons. The molecule has 1 heterocycles. The summed E-state index contributed by atoms with van der Waals surface area (Å²) in [5.41, 5.74) is 1.08. The van der Waals surface area contributed by atoms with E-state index in [0.29, 0.717) is 23.2 Å². The molecular weight excluding hydrogens is 370 g/mol. The van der Waals surface area contributed by atoms with Gasteiger partial charge in [0, 0.05) is 16.7 Å². The Balaban J connectivity index is 2.63. The van der Waals surface area contributed by atoms with Gasteiger partial charge < -0.3 is 5.11 Å². The van der Waals surface area contributed by atoms with Crippen LogP contribution in [0.25, 0.3) is 0 Å². The second-order valence-corrected chi connectivity index (χ2v) is 6.43. The number of nitriles is 1. The molecule has 0 saturated carbocycles. The Bertz CT molecular complexity index is 877. The average Bonchev–Trinajstić information content (AvgIpc) is 2.56. The van der Waals surface area contributed by atoms with Crippen LogP contribution in [0.2, 0.25) is 0 Å². The first kappa shape index (κ1) is 18.0. The number of aromatic hydroxyl groups is 1. The number of halogens is 1. The van der Waals surface area contributed by atoms with Gasteiger partial charge in [-0.3, -0.25) is 14.4 Å². The monoisotopic (exact) mass is 387 g/mol. The van der Waals surface area contributed by atoms with Gasteiger partial charge in [-0.05, 0) is 50.1 Å². The maximum Gasteiger partial charge on any atom is 0.271 e. The molecule has 1 N–H and O–H groups in total. The Kier molecular flexibility index (Phi) is 5.58. The second kappa shape index (κ2) is 7.45. The molecule has 1 aromatic heterocycles. The lowest BCUT2D eigenvalue weighted by molar-refractivity contribution is 0.372. The number of benzene rings is 1. The molecule has 1 aromatic carbocycles. The molecule has 0 aliphatic rings. The fourth-order valence-electron chi connectivity index (χ4n) is 2.35. The standard InChI is InChI=1S/C18H18BrN3O2/c1-4-11(2)22-17(23)15(9-20)12(3)16(18(22)24)10-21-14-7-5-13(19)6-8-14/h5-8,10-11,24H,4H2,1-3H3. The van der Waals surface area contributed by atoms with Crippen LogP contribution >= 0.6 is 15.9 Å². The summed E-state index contributed by atoms with van der Waals surface area (Å²) in [6, 6.07) is 9.09. The molecule has 124 valence electrons. The van der Waals surface area contributed by atoms with Crippen LogP contribution in [-0.2, 0) is 0 Å². The predicted octanol–water partition coefficient (Wildman–Crippen LogP) is 4.22. The SMILES string of the molecule is CCC(C)n1c(O)c(C=Nc2ccc(Br)cc2)c(C)c(C#N)c1=O. The number of aliphatic imine (C=N–C) groups is 1. The van der Waals surface area contributed by atoms with E-state index in [-0.39, 0.29) is 17.5 Å². The highest BCUT2D eigenvalue weighted by molar-refractivity contribution is 9.10. The van der Waals surface area contributed by atoms with Crippen LogP contribution in [0.5, 0.6) is 5.88 Å². The number of aromatic nitrogens is 1. The van der Waals surface area contributed by atoms with Crippen molar-refractivity contribution in [2.75, 3.05) is 0 Å². The molecule has 6 heteroatoms. The highest BCUT2D eigenvalue weighted by Crippen LogP contribution is 2.25. The van der Waals surface area contributed by atoms with Gasteiger partial charge in [0.1, 0.15) is 11.6 Å². The summed E-state index contributed by atoms with van der Waals surface area (Å²) in [4.78, 5) is 16.8. The van der Waals surface area contributed by atoms with E-state index >= 15 is 0 Å². The van der Waals surface area contributed by atoms with Crippen LogP contribution < -0.4 is 5.56 Å². The van der Waals surface area contributed by atoms with Crippen molar-refractivity contribution in [3.8, 4) is 11.9 Å². The first-order chi connectivity index (χ1) is 11.4. The van der Waals surface area contributed by atoms with Crippen LogP contribution in [0.1, 0.15) is 43.0 Å². The summed E-state index contributed by atoms with van der Waals surface area (Å²) in [6.45, 7) is 5.38. The quantitative estimate of drug-likeness (QED) is 0.797. The zero-order valence-electron chi connectivity index (χ0n) is 13.7. The minimum absolute atomic E-state index is 0.0327. The van der Waals surface area contributed by atoms with E-state index in [0.717, 1.165) is 4.47 Å². The fraction of sp³-hybridized carbons (Fsp3) is 0.278. The summed E-state index contributed by atoms with van der Waals surface area (Å²) in [6.07, 6.45) is 2.15. The third-order valence-electron chi connectivity index (χ3n) is 3.99. The number of pyridine rings is 1. The van der Waals surface area contributed by atoms with Gasteiger partial charge in [0.05, 0.1) is 11.3 Å². The van der Waals surface area contributed by atoms with Crippen molar-refractivity contribution in [2.45, 2.75) is 33.2 Å². The lowest BCUT2D eigenvalue weighted by atomic mass is 10.0. The lowest BCUT2D eigenvalue weighted by Crippen LogP contribution is -2.27. The molecule has 5 nitrogen and oxygen atoms in total. The third-order valence-corrected chi connectivity index (χ3v) is 4.52. The zero-order valence-corrected chi connectivity index (χ0v) is 15.3. The highest BCUT2D eigenvalue weighted by atomic mass is 79.9. The Morgan fingerprint density at radius 1 is 1.42 bits per heavy atom. The molecule has 0 aliphatic carbocycles. The Morgan fingerprint density at radius 3 is 2.58 bits per heavy atom. The van der Waals surface area contributed by atoms with E-state index in [1.165, 1.54) is 10.8 Å². The fourth-order valence-corrected chi connectivity index (χ4v) is 2.62. The second-order valence-electron chi connectivity index (χ2n) is 5.52. The number of nitrogens with zero attached hydrogens (tertiary/aromatic N) is 3. The van der Waals surface area contributed by atoms with Gasteiger partial charge in [-0.1, -0.05) is 22.9 Å².